The third-order valence-corrected chi connectivity index (χ3v) is 3.07. The molecule has 86 valence electrons. The maximum Gasteiger partial charge on any atom is 0.225 e. The van der Waals surface area contributed by atoms with Crippen LogP contribution >= 0.6 is 11.3 Å². The fraction of sp³-hybridized carbons (Fsp3) is 0.455. The first-order valence-corrected chi connectivity index (χ1v) is 6.12. The minimum Gasteiger partial charge on any atom is -0.367 e. The summed E-state index contributed by atoms with van der Waals surface area (Å²) in [6, 6.07) is 0. The zero-order chi connectivity index (χ0) is 11.7. The van der Waals surface area contributed by atoms with Crippen LogP contribution in [-0.2, 0) is 6.42 Å². The van der Waals surface area contributed by atoms with Gasteiger partial charge in [-0.1, -0.05) is 19.0 Å². The molecule has 0 spiro atoms. The third-order valence-electron chi connectivity index (χ3n) is 2.29. The Balaban J connectivity index is 2.41. The Morgan fingerprint density at radius 2 is 2.25 bits per heavy atom. The molecule has 0 saturated carbocycles. The van der Waals surface area contributed by atoms with E-state index < -0.39 is 0 Å². The van der Waals surface area contributed by atoms with Crippen LogP contribution in [0.5, 0.6) is 0 Å². The zero-order valence-electron chi connectivity index (χ0n) is 9.65. The molecule has 2 N–H and O–H groups in total. The molecule has 2 heterocycles. The van der Waals surface area contributed by atoms with E-state index in [2.05, 4.69) is 24.0 Å². The Kier molecular flexibility index (Phi) is 2.96. The molecule has 0 aliphatic carbocycles. The van der Waals surface area contributed by atoms with Crippen LogP contribution in [-0.4, -0.2) is 10.1 Å². The first-order valence-electron chi connectivity index (χ1n) is 5.24. The van der Waals surface area contributed by atoms with Crippen molar-refractivity contribution in [2.45, 2.75) is 27.2 Å². The number of thiazole rings is 1. The minimum absolute atomic E-state index is 0.411. The Bertz CT molecular complexity index is 487. The fourth-order valence-electron chi connectivity index (χ4n) is 1.60. The lowest BCUT2D eigenvalue weighted by Crippen LogP contribution is -1.98. The van der Waals surface area contributed by atoms with Gasteiger partial charge in [-0.15, -0.1) is 11.3 Å². The van der Waals surface area contributed by atoms with E-state index in [1.165, 1.54) is 0 Å². The summed E-state index contributed by atoms with van der Waals surface area (Å²) in [6.45, 7) is 6.25. The molecular formula is C11H15N3OS. The number of nitrogen functional groups attached to an aromatic ring is 1. The molecule has 16 heavy (non-hydrogen) atoms. The molecule has 0 atom stereocenters. The number of aromatic nitrogens is 2. The second-order valence-electron chi connectivity index (χ2n) is 4.22. The standard InChI is InChI=1S/C11H15N3OS/c1-6(2)4-8-10(14-15-11(8)12)9-5-16-7(3)13-9/h5-6H,4,12H2,1-3H3. The summed E-state index contributed by atoms with van der Waals surface area (Å²) in [5.74, 6) is 0.925. The van der Waals surface area contributed by atoms with Crippen molar-refractivity contribution < 1.29 is 4.52 Å². The summed E-state index contributed by atoms with van der Waals surface area (Å²) in [4.78, 5) is 4.40. The van der Waals surface area contributed by atoms with Crippen LogP contribution in [0.2, 0.25) is 0 Å². The van der Waals surface area contributed by atoms with Gasteiger partial charge in [-0.25, -0.2) is 4.98 Å². The van der Waals surface area contributed by atoms with Crippen LogP contribution in [0.3, 0.4) is 0 Å². The number of nitrogens with zero attached hydrogens (tertiary/aromatic N) is 2. The molecule has 0 radical (unpaired) electrons. The molecule has 0 saturated heterocycles. The van der Waals surface area contributed by atoms with Crippen LogP contribution in [0.15, 0.2) is 9.90 Å². The van der Waals surface area contributed by atoms with E-state index in [1.54, 1.807) is 11.3 Å². The predicted octanol–water partition coefficient (Wildman–Crippen LogP) is 2.89. The molecule has 0 aromatic carbocycles. The fourth-order valence-corrected chi connectivity index (χ4v) is 2.20. The minimum atomic E-state index is 0.411. The van der Waals surface area contributed by atoms with E-state index in [1.807, 2.05) is 12.3 Å². The largest absolute Gasteiger partial charge is 0.367 e. The highest BCUT2D eigenvalue weighted by Gasteiger charge is 2.18. The average molecular weight is 237 g/mol. The average Bonchev–Trinajstić information content (AvgIpc) is 2.75. The zero-order valence-corrected chi connectivity index (χ0v) is 10.5. The SMILES string of the molecule is Cc1nc(-c2noc(N)c2CC(C)C)cs1. The van der Waals surface area contributed by atoms with Gasteiger partial charge in [0, 0.05) is 10.9 Å². The Labute approximate surface area is 98.5 Å². The van der Waals surface area contributed by atoms with Gasteiger partial charge < -0.3 is 10.3 Å². The van der Waals surface area contributed by atoms with Gasteiger partial charge in [0.15, 0.2) is 0 Å². The lowest BCUT2D eigenvalue weighted by atomic mass is 10.0. The van der Waals surface area contributed by atoms with Crippen molar-refractivity contribution in [3.05, 3.63) is 16.0 Å². The van der Waals surface area contributed by atoms with Crippen molar-refractivity contribution >= 4 is 17.2 Å². The summed E-state index contributed by atoms with van der Waals surface area (Å²) in [5.41, 5.74) is 8.40. The summed E-state index contributed by atoms with van der Waals surface area (Å²) in [6.07, 6.45) is 0.862. The number of rotatable bonds is 3. The van der Waals surface area contributed by atoms with E-state index in [9.17, 15) is 0 Å². The third kappa shape index (κ3) is 2.09. The van der Waals surface area contributed by atoms with Crippen molar-refractivity contribution in [1.29, 1.82) is 0 Å². The van der Waals surface area contributed by atoms with Crippen LogP contribution in [0.1, 0.15) is 24.4 Å². The van der Waals surface area contributed by atoms with E-state index >= 15 is 0 Å². The summed E-state index contributed by atoms with van der Waals surface area (Å²) >= 11 is 1.60. The normalized spacial score (nSPS) is 11.2. The molecule has 0 bridgehead atoms. The van der Waals surface area contributed by atoms with E-state index in [0.29, 0.717) is 11.8 Å². The molecular weight excluding hydrogens is 222 g/mol. The molecule has 0 aliphatic rings. The molecule has 2 aromatic rings. The van der Waals surface area contributed by atoms with Gasteiger partial charge in [0.05, 0.1) is 5.01 Å². The number of aryl methyl sites for hydroxylation is 1. The van der Waals surface area contributed by atoms with Crippen molar-refractivity contribution in [3.63, 3.8) is 0 Å². The lowest BCUT2D eigenvalue weighted by molar-refractivity contribution is 0.438. The second-order valence-corrected chi connectivity index (χ2v) is 5.29. The molecule has 4 nitrogen and oxygen atoms in total. The van der Waals surface area contributed by atoms with Crippen molar-refractivity contribution in [3.8, 4) is 11.4 Å². The number of anilines is 1. The van der Waals surface area contributed by atoms with Gasteiger partial charge in [0.25, 0.3) is 0 Å². The van der Waals surface area contributed by atoms with Crippen LogP contribution in [0.4, 0.5) is 5.88 Å². The van der Waals surface area contributed by atoms with Gasteiger partial charge in [0.2, 0.25) is 5.88 Å². The van der Waals surface area contributed by atoms with Crippen LogP contribution in [0, 0.1) is 12.8 Å². The highest BCUT2D eigenvalue weighted by Crippen LogP contribution is 2.29. The topological polar surface area (TPSA) is 64.9 Å². The molecule has 0 unspecified atom stereocenters. The summed E-state index contributed by atoms with van der Waals surface area (Å²) in [5, 5.41) is 7.00. The first kappa shape index (κ1) is 11.1. The Morgan fingerprint density at radius 3 is 2.81 bits per heavy atom. The van der Waals surface area contributed by atoms with E-state index in [0.717, 1.165) is 28.4 Å². The molecule has 5 heteroatoms. The van der Waals surface area contributed by atoms with Gasteiger partial charge >= 0.3 is 0 Å². The quantitative estimate of drug-likeness (QED) is 0.891. The van der Waals surface area contributed by atoms with E-state index in [4.69, 9.17) is 10.3 Å². The van der Waals surface area contributed by atoms with Gasteiger partial charge in [-0.05, 0) is 19.3 Å². The van der Waals surface area contributed by atoms with E-state index in [-0.39, 0.29) is 0 Å². The molecule has 0 fully saturated rings. The number of nitrogens with two attached hydrogens (primary N) is 1. The van der Waals surface area contributed by atoms with Crippen LogP contribution < -0.4 is 5.73 Å². The molecule has 2 rings (SSSR count). The molecule has 2 aromatic heterocycles. The second kappa shape index (κ2) is 4.25. The van der Waals surface area contributed by atoms with Gasteiger partial charge in [-0.2, -0.15) is 0 Å². The highest BCUT2D eigenvalue weighted by atomic mass is 32.1. The van der Waals surface area contributed by atoms with Crippen molar-refractivity contribution in [2.75, 3.05) is 5.73 Å². The smallest absolute Gasteiger partial charge is 0.225 e. The molecule has 0 aliphatic heterocycles. The maximum atomic E-state index is 5.78. The van der Waals surface area contributed by atoms with Crippen LogP contribution in [0.25, 0.3) is 11.4 Å². The summed E-state index contributed by atoms with van der Waals surface area (Å²) < 4.78 is 5.05. The number of hydrogen-bond acceptors (Lipinski definition) is 5. The van der Waals surface area contributed by atoms with Crippen molar-refractivity contribution in [2.24, 2.45) is 5.92 Å². The number of hydrogen-bond donors (Lipinski definition) is 1. The van der Waals surface area contributed by atoms with Gasteiger partial charge in [0.1, 0.15) is 11.4 Å². The van der Waals surface area contributed by atoms with Crippen molar-refractivity contribution in [1.82, 2.24) is 10.1 Å². The summed E-state index contributed by atoms with van der Waals surface area (Å²) in [7, 11) is 0. The monoisotopic (exact) mass is 237 g/mol. The maximum absolute atomic E-state index is 5.78. The first-order chi connectivity index (χ1) is 7.58. The highest BCUT2D eigenvalue weighted by molar-refractivity contribution is 7.09. The Hall–Kier alpha value is -1.36. The Morgan fingerprint density at radius 1 is 1.50 bits per heavy atom. The lowest BCUT2D eigenvalue weighted by Gasteiger charge is -2.03. The molecule has 0 amide bonds. The predicted molar refractivity (Wildman–Crippen MR) is 65.3 cm³/mol. The van der Waals surface area contributed by atoms with Gasteiger partial charge in [-0.3, -0.25) is 0 Å².